The number of carbonyl (C=O) groups is 1. The number of fused-ring (bicyclic) bond motifs is 1. The van der Waals surface area contributed by atoms with Crippen molar-refractivity contribution in [3.05, 3.63) is 72.3 Å². The summed E-state index contributed by atoms with van der Waals surface area (Å²) < 4.78 is 28.1. The molecule has 0 spiro atoms. The molecule has 1 heterocycles. The third-order valence-corrected chi connectivity index (χ3v) is 6.95. The molecule has 1 aliphatic heterocycles. The molecule has 0 aliphatic carbocycles. The Morgan fingerprint density at radius 3 is 2.43 bits per heavy atom. The highest BCUT2D eigenvalue weighted by Gasteiger charge is 2.40. The molecule has 1 atom stereocenters. The predicted octanol–water partition coefficient (Wildman–Crippen LogP) is 3.44. The van der Waals surface area contributed by atoms with Gasteiger partial charge in [0.05, 0.1) is 4.90 Å². The standard InChI is InChI=1S/C22H26N2O3S/c1-16(2)21(22(25)23-15-18-9-5-4-6-10-18)24-14-13-17(3)19-11-7-8-12-20(19)28(24,26)27/h4-12,16,21H,3,13-15H2,1-2H3,(H,23,25)/t21-/m0/s1. The van der Waals surface area contributed by atoms with Crippen LogP contribution in [0.2, 0.25) is 0 Å². The van der Waals surface area contributed by atoms with Crippen LogP contribution in [0.5, 0.6) is 0 Å². The van der Waals surface area contributed by atoms with E-state index in [2.05, 4.69) is 11.9 Å². The van der Waals surface area contributed by atoms with Crippen LogP contribution in [0, 0.1) is 5.92 Å². The van der Waals surface area contributed by atoms with Crippen molar-refractivity contribution in [2.75, 3.05) is 6.54 Å². The van der Waals surface area contributed by atoms with Gasteiger partial charge in [-0.05, 0) is 35.1 Å². The number of hydrogen-bond acceptors (Lipinski definition) is 3. The molecule has 1 amide bonds. The average molecular weight is 399 g/mol. The first-order valence-corrected chi connectivity index (χ1v) is 10.9. The van der Waals surface area contributed by atoms with Crippen LogP contribution < -0.4 is 5.32 Å². The average Bonchev–Trinajstić information content (AvgIpc) is 2.77. The monoisotopic (exact) mass is 398 g/mol. The fraction of sp³-hybridized carbons (Fsp3) is 0.318. The Kier molecular flexibility index (Phi) is 6.01. The summed E-state index contributed by atoms with van der Waals surface area (Å²) in [5, 5.41) is 2.90. The lowest BCUT2D eigenvalue weighted by Crippen LogP contribution is -2.52. The van der Waals surface area contributed by atoms with Gasteiger partial charge in [-0.2, -0.15) is 4.31 Å². The molecular weight excluding hydrogens is 372 g/mol. The fourth-order valence-electron chi connectivity index (χ4n) is 3.55. The maximum atomic E-state index is 13.4. The molecule has 148 valence electrons. The van der Waals surface area contributed by atoms with Crippen molar-refractivity contribution in [2.24, 2.45) is 5.92 Å². The van der Waals surface area contributed by atoms with Gasteiger partial charge in [0.15, 0.2) is 0 Å². The second-order valence-electron chi connectivity index (χ2n) is 7.36. The van der Waals surface area contributed by atoms with Gasteiger partial charge in [0.25, 0.3) is 0 Å². The maximum absolute atomic E-state index is 13.4. The van der Waals surface area contributed by atoms with E-state index in [1.54, 1.807) is 18.2 Å². The van der Waals surface area contributed by atoms with Crippen LogP contribution in [0.1, 0.15) is 31.4 Å². The minimum atomic E-state index is -3.81. The number of amides is 1. The summed E-state index contributed by atoms with van der Waals surface area (Å²) >= 11 is 0. The van der Waals surface area contributed by atoms with Crippen molar-refractivity contribution in [3.63, 3.8) is 0 Å². The summed E-state index contributed by atoms with van der Waals surface area (Å²) in [7, 11) is -3.81. The van der Waals surface area contributed by atoms with E-state index in [0.29, 0.717) is 18.5 Å². The first kappa shape index (κ1) is 20.3. The van der Waals surface area contributed by atoms with Crippen molar-refractivity contribution < 1.29 is 13.2 Å². The van der Waals surface area contributed by atoms with Gasteiger partial charge in [0.1, 0.15) is 6.04 Å². The summed E-state index contributed by atoms with van der Waals surface area (Å²) in [5.74, 6) is -0.462. The summed E-state index contributed by atoms with van der Waals surface area (Å²) in [6.45, 7) is 8.38. The first-order chi connectivity index (χ1) is 13.3. The van der Waals surface area contributed by atoms with Crippen LogP contribution in [-0.4, -0.2) is 31.2 Å². The third kappa shape index (κ3) is 4.03. The second kappa shape index (κ2) is 8.29. The minimum Gasteiger partial charge on any atom is -0.351 e. The number of hydrogen-bond donors (Lipinski definition) is 1. The number of nitrogens with one attached hydrogen (secondary N) is 1. The zero-order chi connectivity index (χ0) is 20.3. The molecule has 2 aromatic carbocycles. The summed E-state index contributed by atoms with van der Waals surface area (Å²) in [6.07, 6.45) is 0.491. The summed E-state index contributed by atoms with van der Waals surface area (Å²) in [5.41, 5.74) is 2.38. The first-order valence-electron chi connectivity index (χ1n) is 9.43. The molecule has 2 aromatic rings. The molecule has 0 aromatic heterocycles. The Labute approximate surface area is 167 Å². The van der Waals surface area contributed by atoms with Gasteiger partial charge in [-0.1, -0.05) is 69.0 Å². The number of rotatable bonds is 5. The Balaban J connectivity index is 1.91. The van der Waals surface area contributed by atoms with Gasteiger partial charge in [0, 0.05) is 13.1 Å². The van der Waals surface area contributed by atoms with E-state index in [9.17, 15) is 13.2 Å². The van der Waals surface area contributed by atoms with Crippen molar-refractivity contribution in [2.45, 2.75) is 37.8 Å². The lowest BCUT2D eigenvalue weighted by Gasteiger charge is -2.31. The lowest BCUT2D eigenvalue weighted by atomic mass is 10.0. The van der Waals surface area contributed by atoms with Gasteiger partial charge in [-0.25, -0.2) is 8.42 Å². The molecule has 6 heteroatoms. The molecule has 0 saturated heterocycles. The quantitative estimate of drug-likeness (QED) is 0.839. The maximum Gasteiger partial charge on any atom is 0.244 e. The number of sulfonamides is 1. The molecule has 5 nitrogen and oxygen atoms in total. The number of carbonyl (C=O) groups excluding carboxylic acids is 1. The predicted molar refractivity (Wildman–Crippen MR) is 111 cm³/mol. The smallest absolute Gasteiger partial charge is 0.244 e. The summed E-state index contributed by atoms with van der Waals surface area (Å²) in [6, 6.07) is 15.7. The van der Waals surface area contributed by atoms with Crippen molar-refractivity contribution in [1.29, 1.82) is 0 Å². The highest BCUT2D eigenvalue weighted by atomic mass is 32.2. The van der Waals surface area contributed by atoms with Gasteiger partial charge in [-0.15, -0.1) is 0 Å². The lowest BCUT2D eigenvalue weighted by molar-refractivity contribution is -0.126. The third-order valence-electron chi connectivity index (χ3n) is 5.01. The Morgan fingerprint density at radius 2 is 1.75 bits per heavy atom. The van der Waals surface area contributed by atoms with Crippen molar-refractivity contribution in [1.82, 2.24) is 9.62 Å². The van der Waals surface area contributed by atoms with E-state index in [-0.39, 0.29) is 23.3 Å². The van der Waals surface area contributed by atoms with Crippen molar-refractivity contribution >= 4 is 21.5 Å². The molecule has 0 unspecified atom stereocenters. The summed E-state index contributed by atoms with van der Waals surface area (Å²) in [4.78, 5) is 13.2. The Morgan fingerprint density at radius 1 is 1.11 bits per heavy atom. The zero-order valence-electron chi connectivity index (χ0n) is 16.3. The van der Waals surface area contributed by atoms with Crippen molar-refractivity contribution in [3.8, 4) is 0 Å². The SMILES string of the molecule is C=C1CCN([C@H](C(=O)NCc2ccccc2)C(C)C)S(=O)(=O)c2ccccc21. The van der Waals surface area contributed by atoms with E-state index in [0.717, 1.165) is 11.1 Å². The molecule has 1 N–H and O–H groups in total. The van der Waals surface area contributed by atoms with E-state index in [1.807, 2.05) is 50.2 Å². The van der Waals surface area contributed by atoms with E-state index >= 15 is 0 Å². The minimum absolute atomic E-state index is 0.177. The normalized spacial score (nSPS) is 17.6. The molecule has 0 saturated carbocycles. The van der Waals surface area contributed by atoms with E-state index < -0.39 is 16.1 Å². The van der Waals surface area contributed by atoms with E-state index in [1.165, 1.54) is 4.31 Å². The van der Waals surface area contributed by atoms with Crippen LogP contribution in [0.4, 0.5) is 0 Å². The van der Waals surface area contributed by atoms with Crippen LogP contribution in [0.25, 0.3) is 5.57 Å². The molecule has 0 radical (unpaired) electrons. The van der Waals surface area contributed by atoms with Gasteiger partial charge in [0.2, 0.25) is 15.9 Å². The highest BCUT2D eigenvalue weighted by Crippen LogP contribution is 2.33. The Hall–Kier alpha value is -2.44. The van der Waals surface area contributed by atoms with Crippen LogP contribution in [0.15, 0.2) is 66.1 Å². The molecule has 0 bridgehead atoms. The van der Waals surface area contributed by atoms with Crippen LogP contribution in [-0.2, 0) is 21.4 Å². The van der Waals surface area contributed by atoms with Gasteiger partial charge < -0.3 is 5.32 Å². The molecule has 0 fully saturated rings. The highest BCUT2D eigenvalue weighted by molar-refractivity contribution is 7.89. The van der Waals surface area contributed by atoms with Gasteiger partial charge in [-0.3, -0.25) is 4.79 Å². The van der Waals surface area contributed by atoms with Gasteiger partial charge >= 0.3 is 0 Å². The number of benzene rings is 2. The zero-order valence-corrected chi connectivity index (χ0v) is 17.1. The molecule has 28 heavy (non-hydrogen) atoms. The number of nitrogens with zero attached hydrogens (tertiary/aromatic N) is 1. The molecule has 3 rings (SSSR count). The van der Waals surface area contributed by atoms with Crippen LogP contribution >= 0.6 is 0 Å². The van der Waals surface area contributed by atoms with E-state index in [4.69, 9.17) is 0 Å². The molecule has 1 aliphatic rings. The fourth-order valence-corrected chi connectivity index (χ4v) is 5.52. The largest absolute Gasteiger partial charge is 0.351 e. The topological polar surface area (TPSA) is 66.5 Å². The Bertz CT molecular complexity index is 968. The van der Waals surface area contributed by atoms with Crippen LogP contribution in [0.3, 0.4) is 0 Å². The molecular formula is C22H26N2O3S. The second-order valence-corrected chi connectivity index (χ2v) is 9.22.